The highest BCUT2D eigenvalue weighted by molar-refractivity contribution is 6.00. The van der Waals surface area contributed by atoms with E-state index in [1.165, 1.54) is 11.8 Å². The van der Waals surface area contributed by atoms with Crippen molar-refractivity contribution < 1.29 is 19.4 Å². The number of hydrogen-bond acceptors (Lipinski definition) is 3. The molecule has 0 spiro atoms. The maximum absolute atomic E-state index is 11.9. The number of carbonyl (C=O) groups excluding carboxylic acids is 1. The quantitative estimate of drug-likeness (QED) is 0.838. The molecular formula is C12H13NO4. The Balaban J connectivity index is 2.47. The van der Waals surface area contributed by atoms with Crippen molar-refractivity contribution in [2.24, 2.45) is 0 Å². The van der Waals surface area contributed by atoms with E-state index in [1.807, 2.05) is 0 Å². The average molecular weight is 235 g/mol. The van der Waals surface area contributed by atoms with E-state index in [1.54, 1.807) is 24.3 Å². The molecule has 1 unspecified atom stereocenters. The summed E-state index contributed by atoms with van der Waals surface area (Å²) in [5.74, 6) is -0.716. The third-order valence-corrected chi connectivity index (χ3v) is 2.71. The number of nitrogens with zero attached hydrogens (tertiary/aromatic N) is 1. The fourth-order valence-electron chi connectivity index (χ4n) is 1.82. The summed E-state index contributed by atoms with van der Waals surface area (Å²) >= 11 is 0. The van der Waals surface area contributed by atoms with Gasteiger partial charge < -0.3 is 9.84 Å². The van der Waals surface area contributed by atoms with E-state index in [-0.39, 0.29) is 18.9 Å². The number of para-hydroxylation sites is 2. The number of carboxylic acid groups (broad SMARTS) is 1. The largest absolute Gasteiger partial charge is 0.491 e. The molecule has 1 atom stereocenters. The van der Waals surface area contributed by atoms with Gasteiger partial charge in [0.1, 0.15) is 11.8 Å². The Kier molecular flexibility index (Phi) is 2.99. The lowest BCUT2D eigenvalue weighted by molar-refractivity contribution is -0.139. The number of hydrogen-bond donors (Lipinski definition) is 1. The van der Waals surface area contributed by atoms with Crippen LogP contribution in [0.3, 0.4) is 0 Å². The Morgan fingerprint density at radius 3 is 2.88 bits per heavy atom. The summed E-state index contributed by atoms with van der Waals surface area (Å²) in [5, 5.41) is 9.03. The van der Waals surface area contributed by atoms with Crippen molar-refractivity contribution in [1.82, 2.24) is 0 Å². The highest BCUT2D eigenvalue weighted by atomic mass is 16.5. The lowest BCUT2D eigenvalue weighted by Gasteiger charge is -2.25. The fraction of sp³-hybridized carbons (Fsp3) is 0.333. The van der Waals surface area contributed by atoms with E-state index < -0.39 is 12.0 Å². The van der Waals surface area contributed by atoms with Crippen molar-refractivity contribution in [3.63, 3.8) is 0 Å². The van der Waals surface area contributed by atoms with Crippen LogP contribution in [0.2, 0.25) is 0 Å². The van der Waals surface area contributed by atoms with Crippen LogP contribution in [-0.2, 0) is 9.59 Å². The fourth-order valence-corrected chi connectivity index (χ4v) is 1.82. The Bertz CT molecular complexity index is 458. The van der Waals surface area contributed by atoms with Crippen LogP contribution in [-0.4, -0.2) is 29.6 Å². The minimum absolute atomic E-state index is 0.187. The molecule has 1 amide bonds. The molecule has 0 aromatic heterocycles. The molecule has 0 saturated heterocycles. The number of amides is 1. The van der Waals surface area contributed by atoms with Gasteiger partial charge in [0.15, 0.2) is 0 Å². The third-order valence-electron chi connectivity index (χ3n) is 2.71. The van der Waals surface area contributed by atoms with Crippen LogP contribution in [0.4, 0.5) is 5.69 Å². The van der Waals surface area contributed by atoms with Gasteiger partial charge in [-0.1, -0.05) is 12.1 Å². The normalized spacial score (nSPS) is 16.8. The molecule has 1 heterocycles. The molecule has 5 heteroatoms. The number of ether oxygens (including phenoxy) is 1. The van der Waals surface area contributed by atoms with Crippen LogP contribution in [0.25, 0.3) is 0 Å². The molecule has 90 valence electrons. The molecule has 0 aliphatic carbocycles. The first-order valence-corrected chi connectivity index (χ1v) is 5.38. The van der Waals surface area contributed by atoms with E-state index in [9.17, 15) is 9.59 Å². The zero-order valence-corrected chi connectivity index (χ0v) is 9.42. The Labute approximate surface area is 98.6 Å². The molecule has 0 radical (unpaired) electrons. The zero-order valence-electron chi connectivity index (χ0n) is 9.42. The second-order valence-electron chi connectivity index (χ2n) is 3.84. The van der Waals surface area contributed by atoms with Gasteiger partial charge in [-0.3, -0.25) is 9.69 Å². The molecule has 0 saturated carbocycles. The summed E-state index contributed by atoms with van der Waals surface area (Å²) in [5.41, 5.74) is 0.518. The number of carbonyl (C=O) groups is 2. The third kappa shape index (κ3) is 2.08. The van der Waals surface area contributed by atoms with Crippen LogP contribution in [0.15, 0.2) is 24.3 Å². The van der Waals surface area contributed by atoms with Crippen molar-refractivity contribution in [1.29, 1.82) is 0 Å². The Hall–Kier alpha value is -2.04. The van der Waals surface area contributed by atoms with E-state index in [4.69, 9.17) is 9.84 Å². The number of fused-ring (bicyclic) bond motifs is 1. The van der Waals surface area contributed by atoms with Crippen molar-refractivity contribution >= 4 is 17.6 Å². The summed E-state index contributed by atoms with van der Waals surface area (Å²) in [6.07, 6.45) is 0.187. The summed E-state index contributed by atoms with van der Waals surface area (Å²) in [6, 6.07) is 6.07. The molecule has 0 fully saturated rings. The van der Waals surface area contributed by atoms with Crippen LogP contribution < -0.4 is 9.64 Å². The maximum Gasteiger partial charge on any atom is 0.326 e. The highest BCUT2D eigenvalue weighted by Gasteiger charge is 2.30. The SMILES string of the molecule is CC(C(=O)O)N1C(=O)CCOc2ccccc21. The van der Waals surface area contributed by atoms with E-state index in [0.29, 0.717) is 11.4 Å². The van der Waals surface area contributed by atoms with Gasteiger partial charge in [-0.05, 0) is 19.1 Å². The molecule has 1 aliphatic heterocycles. The minimum Gasteiger partial charge on any atom is -0.491 e. The first kappa shape index (κ1) is 11.4. The molecule has 1 aromatic carbocycles. The van der Waals surface area contributed by atoms with Crippen LogP contribution in [0, 0.1) is 0 Å². The Morgan fingerprint density at radius 1 is 1.47 bits per heavy atom. The van der Waals surface area contributed by atoms with Crippen LogP contribution in [0.5, 0.6) is 5.75 Å². The van der Waals surface area contributed by atoms with E-state index in [0.717, 1.165) is 0 Å². The van der Waals surface area contributed by atoms with Gasteiger partial charge in [0.25, 0.3) is 0 Å². The molecule has 1 aromatic rings. The first-order chi connectivity index (χ1) is 8.11. The van der Waals surface area contributed by atoms with E-state index >= 15 is 0 Å². The van der Waals surface area contributed by atoms with E-state index in [2.05, 4.69) is 0 Å². The molecule has 1 N–H and O–H groups in total. The molecule has 17 heavy (non-hydrogen) atoms. The number of aliphatic carboxylic acids is 1. The zero-order chi connectivity index (χ0) is 12.4. The number of anilines is 1. The average Bonchev–Trinajstić information content (AvgIpc) is 2.46. The van der Waals surface area contributed by atoms with Gasteiger partial charge in [-0.25, -0.2) is 4.79 Å². The molecule has 1 aliphatic rings. The van der Waals surface area contributed by atoms with Gasteiger partial charge in [0, 0.05) is 0 Å². The van der Waals surface area contributed by atoms with Crippen molar-refractivity contribution in [2.75, 3.05) is 11.5 Å². The lowest BCUT2D eigenvalue weighted by atomic mass is 10.2. The van der Waals surface area contributed by atoms with Gasteiger partial charge in [-0.15, -0.1) is 0 Å². The van der Waals surface area contributed by atoms with Crippen molar-refractivity contribution in [2.45, 2.75) is 19.4 Å². The van der Waals surface area contributed by atoms with Gasteiger partial charge in [-0.2, -0.15) is 0 Å². The summed E-state index contributed by atoms with van der Waals surface area (Å²) in [7, 11) is 0. The van der Waals surface area contributed by atoms with Crippen LogP contribution in [0.1, 0.15) is 13.3 Å². The topological polar surface area (TPSA) is 66.8 Å². The van der Waals surface area contributed by atoms with Gasteiger partial charge in [0.2, 0.25) is 5.91 Å². The predicted octanol–water partition coefficient (Wildman–Crippen LogP) is 1.28. The predicted molar refractivity (Wildman–Crippen MR) is 61.1 cm³/mol. The number of rotatable bonds is 2. The standard InChI is InChI=1S/C12H13NO4/c1-8(12(15)16)13-9-4-2-3-5-10(9)17-7-6-11(13)14/h2-5,8H,6-7H2,1H3,(H,15,16). The molecular weight excluding hydrogens is 222 g/mol. The second-order valence-corrected chi connectivity index (χ2v) is 3.84. The monoisotopic (exact) mass is 235 g/mol. The Morgan fingerprint density at radius 2 is 2.18 bits per heavy atom. The molecule has 5 nitrogen and oxygen atoms in total. The first-order valence-electron chi connectivity index (χ1n) is 5.38. The summed E-state index contributed by atoms with van der Waals surface area (Å²) < 4.78 is 5.42. The van der Waals surface area contributed by atoms with Gasteiger partial charge in [0.05, 0.1) is 18.7 Å². The lowest BCUT2D eigenvalue weighted by Crippen LogP contribution is -2.43. The van der Waals surface area contributed by atoms with Crippen molar-refractivity contribution in [3.05, 3.63) is 24.3 Å². The second kappa shape index (κ2) is 4.45. The van der Waals surface area contributed by atoms with Crippen molar-refractivity contribution in [3.8, 4) is 5.75 Å². The van der Waals surface area contributed by atoms with Gasteiger partial charge >= 0.3 is 5.97 Å². The number of carboxylic acids is 1. The summed E-state index contributed by atoms with van der Waals surface area (Å²) in [6.45, 7) is 1.76. The summed E-state index contributed by atoms with van der Waals surface area (Å²) in [4.78, 5) is 24.2. The van der Waals surface area contributed by atoms with Crippen LogP contribution >= 0.6 is 0 Å². The smallest absolute Gasteiger partial charge is 0.326 e. The maximum atomic E-state index is 11.9. The molecule has 2 rings (SSSR count). The number of benzene rings is 1. The molecule has 0 bridgehead atoms. The highest BCUT2D eigenvalue weighted by Crippen LogP contribution is 2.32. The minimum atomic E-state index is -1.03.